The summed E-state index contributed by atoms with van der Waals surface area (Å²) in [4.78, 5) is 19.4. The molecule has 5 heteroatoms. The normalized spacial score (nSPS) is 10.0. The fourth-order valence-corrected chi connectivity index (χ4v) is 1.40. The van der Waals surface area contributed by atoms with Gasteiger partial charge in [0.2, 0.25) is 5.88 Å². The summed E-state index contributed by atoms with van der Waals surface area (Å²) in [6, 6.07) is 7.16. The summed E-state index contributed by atoms with van der Waals surface area (Å²) in [5.74, 6) is -0.331. The molecule has 1 heterocycles. The van der Waals surface area contributed by atoms with E-state index in [1.807, 2.05) is 19.1 Å². The van der Waals surface area contributed by atoms with Gasteiger partial charge in [0.1, 0.15) is 5.15 Å². The molecule has 1 aromatic heterocycles. The van der Waals surface area contributed by atoms with E-state index in [1.165, 1.54) is 12.4 Å². The van der Waals surface area contributed by atoms with Crippen LogP contribution in [0.3, 0.4) is 0 Å². The van der Waals surface area contributed by atoms with Crippen molar-refractivity contribution in [1.29, 1.82) is 0 Å². The van der Waals surface area contributed by atoms with Gasteiger partial charge in [-0.05, 0) is 18.6 Å². The highest BCUT2D eigenvalue weighted by Crippen LogP contribution is 2.12. The van der Waals surface area contributed by atoms with Crippen molar-refractivity contribution in [1.82, 2.24) is 9.97 Å². The standard InChI is InChI=1S/C12H9ClN2O2/c1-8-4-2-3-5-9(8)12(16)17-11-7-14-10(13)6-15-11/h2-7H,1H3. The first-order chi connectivity index (χ1) is 8.16. The first-order valence-electron chi connectivity index (χ1n) is 4.92. The lowest BCUT2D eigenvalue weighted by Gasteiger charge is -2.04. The number of hydrogen-bond acceptors (Lipinski definition) is 4. The Bertz CT molecular complexity index is 540. The molecule has 0 amide bonds. The van der Waals surface area contributed by atoms with E-state index < -0.39 is 5.97 Å². The molecule has 0 fully saturated rings. The fourth-order valence-electron chi connectivity index (χ4n) is 1.31. The van der Waals surface area contributed by atoms with Crippen molar-refractivity contribution in [3.8, 4) is 5.88 Å². The molecule has 4 nitrogen and oxygen atoms in total. The molecular formula is C12H9ClN2O2. The van der Waals surface area contributed by atoms with E-state index in [4.69, 9.17) is 16.3 Å². The second-order valence-electron chi connectivity index (χ2n) is 3.38. The van der Waals surface area contributed by atoms with Crippen LogP contribution < -0.4 is 4.74 Å². The average molecular weight is 249 g/mol. The van der Waals surface area contributed by atoms with Crippen LogP contribution in [-0.2, 0) is 0 Å². The van der Waals surface area contributed by atoms with Crippen LogP contribution in [0.15, 0.2) is 36.7 Å². The second kappa shape index (κ2) is 4.93. The summed E-state index contributed by atoms with van der Waals surface area (Å²) in [7, 11) is 0. The number of aromatic nitrogens is 2. The number of rotatable bonds is 2. The highest BCUT2D eigenvalue weighted by molar-refractivity contribution is 6.29. The summed E-state index contributed by atoms with van der Waals surface area (Å²) < 4.78 is 5.07. The molecule has 86 valence electrons. The number of carbonyl (C=O) groups excluding carboxylic acids is 1. The van der Waals surface area contributed by atoms with Gasteiger partial charge in [0.05, 0.1) is 18.0 Å². The van der Waals surface area contributed by atoms with Crippen LogP contribution >= 0.6 is 11.6 Å². The smallest absolute Gasteiger partial charge is 0.345 e. The van der Waals surface area contributed by atoms with E-state index in [-0.39, 0.29) is 11.0 Å². The maximum Gasteiger partial charge on any atom is 0.345 e. The predicted molar refractivity (Wildman–Crippen MR) is 63.2 cm³/mol. The molecule has 0 saturated carbocycles. The van der Waals surface area contributed by atoms with Crippen molar-refractivity contribution in [2.75, 3.05) is 0 Å². The largest absolute Gasteiger partial charge is 0.402 e. The topological polar surface area (TPSA) is 52.1 Å². The minimum absolute atomic E-state index is 0.127. The fraction of sp³-hybridized carbons (Fsp3) is 0.0833. The zero-order valence-corrected chi connectivity index (χ0v) is 9.81. The van der Waals surface area contributed by atoms with Gasteiger partial charge in [-0.15, -0.1) is 0 Å². The molecule has 0 aliphatic carbocycles. The van der Waals surface area contributed by atoms with Gasteiger partial charge in [-0.2, -0.15) is 0 Å². The van der Waals surface area contributed by atoms with Gasteiger partial charge in [0.25, 0.3) is 0 Å². The SMILES string of the molecule is Cc1ccccc1C(=O)Oc1cnc(Cl)cn1. The van der Waals surface area contributed by atoms with Crippen molar-refractivity contribution in [2.24, 2.45) is 0 Å². The summed E-state index contributed by atoms with van der Waals surface area (Å²) in [6.07, 6.45) is 2.63. The molecule has 0 aliphatic rings. The molecule has 0 unspecified atom stereocenters. The molecule has 0 saturated heterocycles. The van der Waals surface area contributed by atoms with Crippen molar-refractivity contribution in [2.45, 2.75) is 6.92 Å². The van der Waals surface area contributed by atoms with Crippen LogP contribution in [0.4, 0.5) is 0 Å². The summed E-state index contributed by atoms with van der Waals surface area (Å²) in [5, 5.41) is 0.251. The van der Waals surface area contributed by atoms with Crippen molar-refractivity contribution in [3.05, 3.63) is 52.9 Å². The molecule has 0 radical (unpaired) electrons. The Kier molecular flexibility index (Phi) is 3.35. The molecule has 2 rings (SSSR count). The lowest BCUT2D eigenvalue weighted by atomic mass is 10.1. The Morgan fingerprint density at radius 3 is 2.65 bits per heavy atom. The number of carbonyl (C=O) groups is 1. The molecule has 17 heavy (non-hydrogen) atoms. The number of benzene rings is 1. The summed E-state index contributed by atoms with van der Waals surface area (Å²) >= 11 is 5.58. The zero-order chi connectivity index (χ0) is 12.3. The molecule has 1 aromatic carbocycles. The number of esters is 1. The van der Waals surface area contributed by atoms with Crippen molar-refractivity contribution >= 4 is 17.6 Å². The maximum atomic E-state index is 11.8. The van der Waals surface area contributed by atoms with Crippen molar-refractivity contribution in [3.63, 3.8) is 0 Å². The third kappa shape index (κ3) is 2.79. The summed E-state index contributed by atoms with van der Waals surface area (Å²) in [5.41, 5.74) is 1.35. The molecule has 2 aromatic rings. The Morgan fingerprint density at radius 1 is 1.24 bits per heavy atom. The molecule has 0 N–H and O–H groups in total. The highest BCUT2D eigenvalue weighted by atomic mass is 35.5. The quantitative estimate of drug-likeness (QED) is 0.767. The lowest BCUT2D eigenvalue weighted by Crippen LogP contribution is -2.11. The third-order valence-electron chi connectivity index (χ3n) is 2.16. The average Bonchev–Trinajstić information content (AvgIpc) is 2.32. The monoisotopic (exact) mass is 248 g/mol. The van der Waals surface area contributed by atoms with Crippen LogP contribution in [0.5, 0.6) is 5.88 Å². The van der Waals surface area contributed by atoms with Gasteiger partial charge in [0.15, 0.2) is 0 Å². The van der Waals surface area contributed by atoms with Crippen LogP contribution in [0.25, 0.3) is 0 Å². The van der Waals surface area contributed by atoms with E-state index in [1.54, 1.807) is 12.1 Å². The maximum absolute atomic E-state index is 11.8. The minimum atomic E-state index is -0.459. The highest BCUT2D eigenvalue weighted by Gasteiger charge is 2.11. The predicted octanol–water partition coefficient (Wildman–Crippen LogP) is 2.66. The van der Waals surface area contributed by atoms with E-state index in [0.29, 0.717) is 5.56 Å². The first kappa shape index (κ1) is 11.5. The Hall–Kier alpha value is -1.94. The van der Waals surface area contributed by atoms with Crippen LogP contribution in [0.2, 0.25) is 5.15 Å². The minimum Gasteiger partial charge on any atom is -0.402 e. The Morgan fingerprint density at radius 2 is 2.00 bits per heavy atom. The van der Waals surface area contributed by atoms with Gasteiger partial charge in [-0.3, -0.25) is 0 Å². The van der Waals surface area contributed by atoms with Gasteiger partial charge in [-0.1, -0.05) is 29.8 Å². The molecular weight excluding hydrogens is 240 g/mol. The van der Waals surface area contributed by atoms with Gasteiger partial charge >= 0.3 is 5.97 Å². The second-order valence-corrected chi connectivity index (χ2v) is 3.77. The molecule has 0 bridgehead atoms. The van der Waals surface area contributed by atoms with E-state index in [2.05, 4.69) is 9.97 Å². The van der Waals surface area contributed by atoms with E-state index in [0.717, 1.165) is 5.56 Å². The Balaban J connectivity index is 2.17. The van der Waals surface area contributed by atoms with Crippen LogP contribution in [-0.4, -0.2) is 15.9 Å². The van der Waals surface area contributed by atoms with Gasteiger partial charge in [-0.25, -0.2) is 14.8 Å². The van der Waals surface area contributed by atoms with Gasteiger partial charge in [0, 0.05) is 0 Å². The number of nitrogens with zero attached hydrogens (tertiary/aromatic N) is 2. The number of aryl methyl sites for hydroxylation is 1. The van der Waals surface area contributed by atoms with Gasteiger partial charge < -0.3 is 4.74 Å². The Labute approximate surface area is 103 Å². The first-order valence-corrected chi connectivity index (χ1v) is 5.30. The molecule has 0 aliphatic heterocycles. The number of hydrogen-bond donors (Lipinski definition) is 0. The zero-order valence-electron chi connectivity index (χ0n) is 9.05. The summed E-state index contributed by atoms with van der Waals surface area (Å²) in [6.45, 7) is 1.84. The lowest BCUT2D eigenvalue weighted by molar-refractivity contribution is 0.0726. The number of ether oxygens (including phenoxy) is 1. The third-order valence-corrected chi connectivity index (χ3v) is 2.35. The molecule has 0 spiro atoms. The van der Waals surface area contributed by atoms with E-state index in [9.17, 15) is 4.79 Å². The van der Waals surface area contributed by atoms with Crippen LogP contribution in [0.1, 0.15) is 15.9 Å². The van der Waals surface area contributed by atoms with Crippen molar-refractivity contribution < 1.29 is 9.53 Å². The van der Waals surface area contributed by atoms with E-state index >= 15 is 0 Å². The number of halogens is 1. The van der Waals surface area contributed by atoms with Crippen LogP contribution in [0, 0.1) is 6.92 Å². The molecule has 0 atom stereocenters.